The summed E-state index contributed by atoms with van der Waals surface area (Å²) >= 11 is 0. The first-order valence-electron chi connectivity index (χ1n) is 4.54. The number of halogens is 2. The fourth-order valence-corrected chi connectivity index (χ4v) is 1.65. The fraction of sp³-hybridized carbons (Fsp3) is 0.250. The first-order valence-corrected chi connectivity index (χ1v) is 4.54. The van der Waals surface area contributed by atoms with E-state index in [1.54, 1.807) is 0 Å². The largest absolute Gasteiger partial charge is 3.00 e. The Bertz CT molecular complexity index is 349. The van der Waals surface area contributed by atoms with E-state index in [0.717, 1.165) is 0 Å². The van der Waals surface area contributed by atoms with Crippen molar-refractivity contribution >= 4 is 10.8 Å². The number of benzene rings is 1. The SMILES string of the molecule is CCCc1cc2ccccc2[cH-]1.[I-].[I-].[Ti+3]. The maximum Gasteiger partial charge on any atom is 3.00 e. The molecule has 2 aromatic rings. The number of hydrogen-bond donors (Lipinski definition) is 0. The average Bonchev–Trinajstić information content (AvgIpc) is 2.47. The Kier molecular flexibility index (Phi) is 11.1. The van der Waals surface area contributed by atoms with Gasteiger partial charge in [0.05, 0.1) is 0 Å². The van der Waals surface area contributed by atoms with Gasteiger partial charge in [-0.3, -0.25) is 0 Å². The summed E-state index contributed by atoms with van der Waals surface area (Å²) in [6.07, 6.45) is 2.44. The molecule has 0 aromatic heterocycles. The third-order valence-corrected chi connectivity index (χ3v) is 2.22. The summed E-state index contributed by atoms with van der Waals surface area (Å²) in [6.45, 7) is 2.22. The topological polar surface area (TPSA) is 0 Å². The Morgan fingerprint density at radius 1 is 1.13 bits per heavy atom. The van der Waals surface area contributed by atoms with Crippen LogP contribution < -0.4 is 48.0 Å². The molecular formula is C12H13I2Ti. The fourth-order valence-electron chi connectivity index (χ4n) is 1.65. The Morgan fingerprint density at radius 2 is 1.80 bits per heavy atom. The molecule has 2 rings (SSSR count). The van der Waals surface area contributed by atoms with E-state index >= 15 is 0 Å². The van der Waals surface area contributed by atoms with E-state index in [9.17, 15) is 0 Å². The molecule has 0 aliphatic carbocycles. The average molecular weight is 459 g/mol. The third-order valence-electron chi connectivity index (χ3n) is 2.22. The van der Waals surface area contributed by atoms with E-state index in [1.165, 1.54) is 29.2 Å². The first-order chi connectivity index (χ1) is 5.90. The predicted molar refractivity (Wildman–Crippen MR) is 53.5 cm³/mol. The molecule has 0 aliphatic heterocycles. The summed E-state index contributed by atoms with van der Waals surface area (Å²) < 4.78 is 0. The second-order valence-corrected chi connectivity index (χ2v) is 3.24. The molecule has 0 aliphatic rings. The molecule has 0 heterocycles. The molecule has 0 saturated carbocycles. The van der Waals surface area contributed by atoms with Crippen molar-refractivity contribution in [3.05, 3.63) is 42.0 Å². The molecule has 79 valence electrons. The molecule has 15 heavy (non-hydrogen) atoms. The summed E-state index contributed by atoms with van der Waals surface area (Å²) in [5.41, 5.74) is 1.47. The summed E-state index contributed by atoms with van der Waals surface area (Å²) in [7, 11) is 0. The number of hydrogen-bond acceptors (Lipinski definition) is 0. The van der Waals surface area contributed by atoms with E-state index in [-0.39, 0.29) is 69.7 Å². The molecule has 2 aromatic carbocycles. The molecular weight excluding hydrogens is 446 g/mol. The van der Waals surface area contributed by atoms with Crippen molar-refractivity contribution in [1.82, 2.24) is 0 Å². The zero-order valence-corrected chi connectivity index (χ0v) is 14.5. The van der Waals surface area contributed by atoms with Crippen LogP contribution in [0.25, 0.3) is 10.8 Å². The zero-order chi connectivity index (χ0) is 8.39. The Hall–Kier alpha value is 1.00. The second kappa shape index (κ2) is 9.08. The minimum atomic E-state index is 0. The molecule has 0 nitrogen and oxygen atoms in total. The third kappa shape index (κ3) is 4.79. The van der Waals surface area contributed by atoms with E-state index < -0.39 is 0 Å². The van der Waals surface area contributed by atoms with Crippen LogP contribution in [0.1, 0.15) is 18.9 Å². The number of fused-ring (bicyclic) bond motifs is 1. The van der Waals surface area contributed by atoms with Gasteiger partial charge in [0.15, 0.2) is 0 Å². The summed E-state index contributed by atoms with van der Waals surface area (Å²) in [4.78, 5) is 0. The standard InChI is InChI=1S/C12H13.2HI.Ti/c1-2-5-10-8-11-6-3-4-7-12(11)9-10;;;/h3-4,6-9H,2,5H2,1H3;2*1H;/q-1;;;+3/p-2. The molecule has 1 radical (unpaired) electrons. The smallest absolute Gasteiger partial charge is 1.00 e. The summed E-state index contributed by atoms with van der Waals surface area (Å²) in [5.74, 6) is 0. The van der Waals surface area contributed by atoms with Crippen molar-refractivity contribution in [2.24, 2.45) is 0 Å². The van der Waals surface area contributed by atoms with Crippen LogP contribution in [0.2, 0.25) is 0 Å². The van der Waals surface area contributed by atoms with Crippen molar-refractivity contribution in [3.63, 3.8) is 0 Å². The van der Waals surface area contributed by atoms with Crippen molar-refractivity contribution in [3.8, 4) is 0 Å². The minimum absolute atomic E-state index is 0. The van der Waals surface area contributed by atoms with E-state index in [2.05, 4.69) is 43.3 Å². The molecule has 0 saturated heterocycles. The van der Waals surface area contributed by atoms with Gasteiger partial charge in [-0.1, -0.05) is 19.4 Å². The minimum Gasteiger partial charge on any atom is -1.00 e. The van der Waals surface area contributed by atoms with Gasteiger partial charge in [0.25, 0.3) is 0 Å². The van der Waals surface area contributed by atoms with E-state index in [1.807, 2.05) is 0 Å². The van der Waals surface area contributed by atoms with Crippen LogP contribution in [0.5, 0.6) is 0 Å². The van der Waals surface area contributed by atoms with E-state index in [0.29, 0.717) is 0 Å². The molecule has 0 amide bonds. The molecule has 3 heteroatoms. The first kappa shape index (κ1) is 18.4. The van der Waals surface area contributed by atoms with Crippen molar-refractivity contribution in [1.29, 1.82) is 0 Å². The molecule has 0 atom stereocenters. The predicted octanol–water partition coefficient (Wildman–Crippen LogP) is -2.48. The van der Waals surface area contributed by atoms with Crippen LogP contribution in [-0.4, -0.2) is 0 Å². The van der Waals surface area contributed by atoms with Gasteiger partial charge in [-0.15, -0.1) is 40.6 Å². The van der Waals surface area contributed by atoms with Gasteiger partial charge in [-0.2, -0.15) is 6.07 Å². The zero-order valence-electron chi connectivity index (χ0n) is 8.63. The quantitative estimate of drug-likeness (QED) is 0.266. The van der Waals surface area contributed by atoms with Crippen LogP contribution in [0.15, 0.2) is 36.4 Å². The van der Waals surface area contributed by atoms with Gasteiger partial charge in [0.2, 0.25) is 0 Å². The van der Waals surface area contributed by atoms with Crippen molar-refractivity contribution < 1.29 is 69.7 Å². The Balaban J connectivity index is 0. The van der Waals surface area contributed by atoms with Gasteiger partial charge in [0, 0.05) is 0 Å². The van der Waals surface area contributed by atoms with Gasteiger partial charge in [-0.05, 0) is 6.42 Å². The molecule has 0 N–H and O–H groups in total. The maximum atomic E-state index is 2.29. The monoisotopic (exact) mass is 459 g/mol. The Morgan fingerprint density at radius 3 is 2.40 bits per heavy atom. The molecule has 0 fully saturated rings. The van der Waals surface area contributed by atoms with Gasteiger partial charge in [-0.25, -0.2) is 0 Å². The second-order valence-electron chi connectivity index (χ2n) is 3.24. The van der Waals surface area contributed by atoms with Crippen LogP contribution >= 0.6 is 0 Å². The van der Waals surface area contributed by atoms with Crippen molar-refractivity contribution in [2.45, 2.75) is 19.8 Å². The van der Waals surface area contributed by atoms with Gasteiger partial charge < -0.3 is 48.0 Å². The van der Waals surface area contributed by atoms with E-state index in [4.69, 9.17) is 0 Å². The molecule has 0 unspecified atom stereocenters. The maximum absolute atomic E-state index is 2.29. The van der Waals surface area contributed by atoms with Crippen LogP contribution in [0.4, 0.5) is 0 Å². The van der Waals surface area contributed by atoms with Crippen molar-refractivity contribution in [2.75, 3.05) is 0 Å². The summed E-state index contributed by atoms with van der Waals surface area (Å²) in [6, 6.07) is 13.1. The van der Waals surface area contributed by atoms with Gasteiger partial charge in [0.1, 0.15) is 0 Å². The number of rotatable bonds is 2. The van der Waals surface area contributed by atoms with Crippen LogP contribution in [0.3, 0.4) is 0 Å². The van der Waals surface area contributed by atoms with Gasteiger partial charge >= 0.3 is 21.7 Å². The summed E-state index contributed by atoms with van der Waals surface area (Å²) in [5, 5.41) is 2.75. The van der Waals surface area contributed by atoms with Crippen LogP contribution in [-0.2, 0) is 28.1 Å². The molecule has 0 spiro atoms. The Labute approximate surface area is 140 Å². The normalized spacial score (nSPS) is 8.60. The molecule has 0 bridgehead atoms. The number of aryl methyl sites for hydroxylation is 1. The van der Waals surface area contributed by atoms with Crippen LogP contribution in [0, 0.1) is 0 Å².